The third-order valence-electron chi connectivity index (χ3n) is 3.61. The molecule has 1 heterocycles. The smallest absolute Gasteiger partial charge is 0.352 e. The lowest BCUT2D eigenvalue weighted by Crippen LogP contribution is -2.10. The molecular formula is C17H15NO2. The van der Waals surface area contributed by atoms with Crippen LogP contribution in [0.3, 0.4) is 0 Å². The highest BCUT2D eigenvalue weighted by Crippen LogP contribution is 2.26. The van der Waals surface area contributed by atoms with Crippen LogP contribution in [0.5, 0.6) is 0 Å². The number of aromatic carboxylic acids is 1. The molecule has 3 nitrogen and oxygen atoms in total. The van der Waals surface area contributed by atoms with E-state index < -0.39 is 5.97 Å². The Morgan fingerprint density at radius 3 is 2.40 bits per heavy atom. The van der Waals surface area contributed by atoms with E-state index in [9.17, 15) is 9.90 Å². The summed E-state index contributed by atoms with van der Waals surface area (Å²) in [5.41, 5.74) is 3.25. The average molecular weight is 265 g/mol. The fourth-order valence-corrected chi connectivity index (χ4v) is 2.68. The quantitative estimate of drug-likeness (QED) is 0.784. The first-order chi connectivity index (χ1) is 9.68. The highest BCUT2D eigenvalue weighted by Gasteiger charge is 2.19. The molecule has 20 heavy (non-hydrogen) atoms. The van der Waals surface area contributed by atoms with Crippen LogP contribution < -0.4 is 0 Å². The van der Waals surface area contributed by atoms with Crippen molar-refractivity contribution in [3.8, 4) is 0 Å². The zero-order chi connectivity index (χ0) is 14.1. The normalized spacial score (nSPS) is 10.8. The number of carboxylic acid groups (broad SMARTS) is 1. The van der Waals surface area contributed by atoms with Gasteiger partial charge in [0.15, 0.2) is 0 Å². The van der Waals surface area contributed by atoms with E-state index in [0.717, 1.165) is 22.0 Å². The summed E-state index contributed by atoms with van der Waals surface area (Å²) in [6.45, 7) is 2.43. The largest absolute Gasteiger partial charge is 0.477 e. The average Bonchev–Trinajstić information content (AvgIpc) is 2.74. The molecule has 100 valence electrons. The van der Waals surface area contributed by atoms with E-state index >= 15 is 0 Å². The van der Waals surface area contributed by atoms with E-state index in [2.05, 4.69) is 0 Å². The van der Waals surface area contributed by atoms with E-state index in [-0.39, 0.29) is 0 Å². The maximum Gasteiger partial charge on any atom is 0.352 e. The predicted octanol–water partition coefficient (Wildman–Crippen LogP) is 3.70. The number of hydrogen-bond donors (Lipinski definition) is 1. The van der Waals surface area contributed by atoms with Crippen LogP contribution in [0.1, 0.15) is 21.6 Å². The van der Waals surface area contributed by atoms with Crippen LogP contribution in [-0.4, -0.2) is 15.6 Å². The van der Waals surface area contributed by atoms with Crippen molar-refractivity contribution in [1.82, 2.24) is 4.57 Å². The zero-order valence-corrected chi connectivity index (χ0v) is 11.2. The van der Waals surface area contributed by atoms with Crippen molar-refractivity contribution < 1.29 is 9.90 Å². The lowest BCUT2D eigenvalue weighted by molar-refractivity contribution is 0.0685. The Kier molecular flexibility index (Phi) is 3.03. The lowest BCUT2D eigenvalue weighted by atomic mass is 10.1. The Bertz CT molecular complexity index is 772. The molecule has 0 aliphatic heterocycles. The second-order valence-electron chi connectivity index (χ2n) is 4.87. The van der Waals surface area contributed by atoms with Crippen molar-refractivity contribution in [3.05, 3.63) is 71.4 Å². The highest BCUT2D eigenvalue weighted by atomic mass is 16.4. The number of aromatic nitrogens is 1. The Hall–Kier alpha value is -2.55. The fraction of sp³-hybridized carbons (Fsp3) is 0.118. The molecule has 0 amide bonds. The first kappa shape index (κ1) is 12.5. The van der Waals surface area contributed by atoms with Gasteiger partial charge in [-0.15, -0.1) is 0 Å². The van der Waals surface area contributed by atoms with Crippen LogP contribution >= 0.6 is 0 Å². The number of aryl methyl sites for hydroxylation is 1. The molecule has 1 N–H and O–H groups in total. The van der Waals surface area contributed by atoms with Crippen molar-refractivity contribution in [2.24, 2.45) is 0 Å². The summed E-state index contributed by atoms with van der Waals surface area (Å²) in [5, 5.41) is 10.5. The molecule has 0 fully saturated rings. The zero-order valence-electron chi connectivity index (χ0n) is 11.2. The Balaban J connectivity index is 2.22. The summed E-state index contributed by atoms with van der Waals surface area (Å²) < 4.78 is 1.88. The molecule has 0 spiro atoms. The Morgan fingerprint density at radius 2 is 1.70 bits per heavy atom. The van der Waals surface area contributed by atoms with Crippen LogP contribution in [-0.2, 0) is 6.54 Å². The molecular weight excluding hydrogens is 250 g/mol. The molecule has 3 heteroatoms. The van der Waals surface area contributed by atoms with Crippen LogP contribution in [0.4, 0.5) is 0 Å². The predicted molar refractivity (Wildman–Crippen MR) is 79.2 cm³/mol. The van der Waals surface area contributed by atoms with Gasteiger partial charge >= 0.3 is 5.97 Å². The number of carboxylic acids is 1. The number of hydrogen-bond acceptors (Lipinski definition) is 1. The molecule has 0 aliphatic carbocycles. The Labute approximate surface area is 117 Å². The maximum atomic E-state index is 11.6. The molecule has 0 unspecified atom stereocenters. The van der Waals surface area contributed by atoms with Crippen LogP contribution in [0.2, 0.25) is 0 Å². The van der Waals surface area contributed by atoms with Crippen molar-refractivity contribution >= 4 is 16.9 Å². The second kappa shape index (κ2) is 4.85. The molecule has 0 radical (unpaired) electrons. The number of fused-ring (bicyclic) bond motifs is 1. The minimum atomic E-state index is -0.880. The van der Waals surface area contributed by atoms with E-state index in [1.165, 1.54) is 0 Å². The first-order valence-electron chi connectivity index (χ1n) is 6.53. The van der Waals surface area contributed by atoms with Crippen molar-refractivity contribution in [2.75, 3.05) is 0 Å². The molecule has 2 aromatic carbocycles. The monoisotopic (exact) mass is 265 g/mol. The fourth-order valence-electron chi connectivity index (χ4n) is 2.68. The van der Waals surface area contributed by atoms with Gasteiger partial charge in [0.05, 0.1) is 0 Å². The van der Waals surface area contributed by atoms with Crippen molar-refractivity contribution in [1.29, 1.82) is 0 Å². The van der Waals surface area contributed by atoms with E-state index in [4.69, 9.17) is 0 Å². The summed E-state index contributed by atoms with van der Waals surface area (Å²) in [5.74, 6) is -0.880. The molecule has 0 aliphatic rings. The molecule has 3 aromatic rings. The van der Waals surface area contributed by atoms with E-state index in [1.807, 2.05) is 66.1 Å². The van der Waals surface area contributed by atoms with Gasteiger partial charge in [0, 0.05) is 17.4 Å². The summed E-state index contributed by atoms with van der Waals surface area (Å²) in [6, 6.07) is 17.7. The van der Waals surface area contributed by atoms with Gasteiger partial charge in [-0.25, -0.2) is 4.79 Å². The summed E-state index contributed by atoms with van der Waals surface area (Å²) in [6.07, 6.45) is 0. The molecule has 0 saturated heterocycles. The van der Waals surface area contributed by atoms with Crippen LogP contribution in [0.15, 0.2) is 54.6 Å². The van der Waals surface area contributed by atoms with Crippen LogP contribution in [0, 0.1) is 6.92 Å². The second-order valence-corrected chi connectivity index (χ2v) is 4.87. The summed E-state index contributed by atoms with van der Waals surface area (Å²) >= 11 is 0. The van der Waals surface area contributed by atoms with Gasteiger partial charge in [-0.05, 0) is 24.1 Å². The topological polar surface area (TPSA) is 42.2 Å². The third kappa shape index (κ3) is 1.97. The van der Waals surface area contributed by atoms with Gasteiger partial charge in [0.25, 0.3) is 0 Å². The SMILES string of the molecule is Cc1c(C(=O)O)n(Cc2ccccc2)c2ccccc12. The number of para-hydroxylation sites is 1. The summed E-state index contributed by atoms with van der Waals surface area (Å²) in [7, 11) is 0. The minimum Gasteiger partial charge on any atom is -0.477 e. The van der Waals surface area contributed by atoms with Gasteiger partial charge in [-0.1, -0.05) is 48.5 Å². The first-order valence-corrected chi connectivity index (χ1v) is 6.53. The highest BCUT2D eigenvalue weighted by molar-refractivity contribution is 5.98. The molecule has 0 saturated carbocycles. The number of nitrogens with zero attached hydrogens (tertiary/aromatic N) is 1. The lowest BCUT2D eigenvalue weighted by Gasteiger charge is -2.08. The maximum absolute atomic E-state index is 11.6. The molecule has 0 atom stereocenters. The molecule has 1 aromatic heterocycles. The van der Waals surface area contributed by atoms with Gasteiger partial charge in [0.2, 0.25) is 0 Å². The van der Waals surface area contributed by atoms with Gasteiger partial charge in [-0.2, -0.15) is 0 Å². The standard InChI is InChI=1S/C17H15NO2/c1-12-14-9-5-6-10-15(14)18(16(12)17(19)20)11-13-7-3-2-4-8-13/h2-10H,11H2,1H3,(H,19,20). The van der Waals surface area contributed by atoms with Gasteiger partial charge in [-0.3, -0.25) is 0 Å². The minimum absolute atomic E-state index is 0.370. The van der Waals surface area contributed by atoms with E-state index in [1.54, 1.807) is 0 Å². The van der Waals surface area contributed by atoms with Crippen molar-refractivity contribution in [2.45, 2.75) is 13.5 Å². The third-order valence-corrected chi connectivity index (χ3v) is 3.61. The molecule has 3 rings (SSSR count). The van der Waals surface area contributed by atoms with Crippen LogP contribution in [0.25, 0.3) is 10.9 Å². The molecule has 0 bridgehead atoms. The Morgan fingerprint density at radius 1 is 1.05 bits per heavy atom. The number of benzene rings is 2. The van der Waals surface area contributed by atoms with Gasteiger partial charge in [0.1, 0.15) is 5.69 Å². The van der Waals surface area contributed by atoms with Crippen molar-refractivity contribution in [3.63, 3.8) is 0 Å². The summed E-state index contributed by atoms with van der Waals surface area (Å²) in [4.78, 5) is 11.6. The van der Waals surface area contributed by atoms with E-state index in [0.29, 0.717) is 12.2 Å². The number of rotatable bonds is 3. The van der Waals surface area contributed by atoms with Gasteiger partial charge < -0.3 is 9.67 Å². The number of carbonyl (C=O) groups is 1.